The lowest BCUT2D eigenvalue weighted by Gasteiger charge is -2.24. The van der Waals surface area contributed by atoms with Gasteiger partial charge >= 0.3 is 0 Å². The van der Waals surface area contributed by atoms with Gasteiger partial charge in [0.1, 0.15) is 6.04 Å². The Bertz CT molecular complexity index is 316. The molecule has 3 nitrogen and oxygen atoms in total. The molecule has 3 heteroatoms. The number of hydrogen-bond donors (Lipinski definition) is 1. The molecule has 14 heavy (non-hydrogen) atoms. The minimum Gasteiger partial charge on any atom is -0.287 e. The second-order valence-corrected chi connectivity index (χ2v) is 3.50. The first kappa shape index (κ1) is 10.6. The van der Waals surface area contributed by atoms with Crippen LogP contribution in [0.2, 0.25) is 0 Å². The smallest absolute Gasteiger partial charge is 0.145 e. The molecule has 0 spiro atoms. The Morgan fingerprint density at radius 2 is 1.86 bits per heavy atom. The highest BCUT2D eigenvalue weighted by atomic mass is 16.5. The van der Waals surface area contributed by atoms with Crippen molar-refractivity contribution in [2.45, 2.75) is 19.9 Å². The van der Waals surface area contributed by atoms with Crippen molar-refractivity contribution < 1.29 is 5.21 Å². The zero-order valence-electron chi connectivity index (χ0n) is 8.38. The van der Waals surface area contributed by atoms with Gasteiger partial charge in [0, 0.05) is 0 Å². The molecule has 0 amide bonds. The number of benzene rings is 1. The molecule has 1 rings (SSSR count). The van der Waals surface area contributed by atoms with Crippen LogP contribution < -0.4 is 5.06 Å². The molecule has 0 heterocycles. The van der Waals surface area contributed by atoms with E-state index in [9.17, 15) is 5.21 Å². The number of hydroxylamine groups is 1. The van der Waals surface area contributed by atoms with E-state index in [0.717, 1.165) is 5.06 Å². The van der Waals surface area contributed by atoms with Gasteiger partial charge in [-0.3, -0.25) is 5.21 Å². The summed E-state index contributed by atoms with van der Waals surface area (Å²) in [4.78, 5) is 0. The first-order valence-corrected chi connectivity index (χ1v) is 4.59. The van der Waals surface area contributed by atoms with Crippen molar-refractivity contribution in [3.05, 3.63) is 30.3 Å². The second-order valence-electron chi connectivity index (χ2n) is 3.50. The van der Waals surface area contributed by atoms with E-state index in [4.69, 9.17) is 5.26 Å². The molecule has 0 aliphatic heterocycles. The highest BCUT2D eigenvalue weighted by Crippen LogP contribution is 2.17. The Kier molecular flexibility index (Phi) is 3.49. The van der Waals surface area contributed by atoms with Gasteiger partial charge in [-0.25, -0.2) is 5.06 Å². The van der Waals surface area contributed by atoms with E-state index >= 15 is 0 Å². The topological polar surface area (TPSA) is 47.3 Å². The van der Waals surface area contributed by atoms with Crippen LogP contribution in [0.25, 0.3) is 0 Å². The molecule has 1 aromatic carbocycles. The van der Waals surface area contributed by atoms with Crippen LogP contribution in [-0.2, 0) is 0 Å². The third kappa shape index (κ3) is 2.24. The van der Waals surface area contributed by atoms with E-state index in [1.165, 1.54) is 0 Å². The van der Waals surface area contributed by atoms with Gasteiger partial charge in [-0.1, -0.05) is 32.0 Å². The summed E-state index contributed by atoms with van der Waals surface area (Å²) < 4.78 is 0. The summed E-state index contributed by atoms with van der Waals surface area (Å²) in [6.07, 6.45) is 0. The maximum atomic E-state index is 9.76. The van der Waals surface area contributed by atoms with Crippen molar-refractivity contribution in [2.75, 3.05) is 5.06 Å². The molecule has 0 saturated heterocycles. The first-order valence-electron chi connectivity index (χ1n) is 4.59. The minimum absolute atomic E-state index is 0.0882. The minimum atomic E-state index is -0.502. The Balaban J connectivity index is 2.85. The molecule has 0 bridgehead atoms. The number of hydrogen-bond acceptors (Lipinski definition) is 3. The van der Waals surface area contributed by atoms with Gasteiger partial charge < -0.3 is 0 Å². The molecule has 0 fully saturated rings. The van der Waals surface area contributed by atoms with Gasteiger partial charge in [-0.2, -0.15) is 5.26 Å². The predicted molar refractivity (Wildman–Crippen MR) is 54.9 cm³/mol. The van der Waals surface area contributed by atoms with Crippen LogP contribution in [0, 0.1) is 17.2 Å². The van der Waals surface area contributed by atoms with E-state index in [1.54, 1.807) is 12.1 Å². The van der Waals surface area contributed by atoms with Crippen LogP contribution in [0.15, 0.2) is 30.3 Å². The summed E-state index contributed by atoms with van der Waals surface area (Å²) in [5.74, 6) is 0.0882. The Morgan fingerprint density at radius 3 is 2.29 bits per heavy atom. The zero-order chi connectivity index (χ0) is 10.6. The number of nitriles is 1. The monoisotopic (exact) mass is 190 g/mol. The predicted octanol–water partition coefficient (Wildman–Crippen LogP) is 2.43. The first-order chi connectivity index (χ1) is 6.66. The standard InChI is InChI=1S/C11H14N2O/c1-9(2)11(8-12)13(14)10-6-4-3-5-7-10/h3-7,9,11,14H,1-2H3. The molecule has 1 N–H and O–H groups in total. The van der Waals surface area contributed by atoms with Crippen molar-refractivity contribution in [2.24, 2.45) is 5.92 Å². The van der Waals surface area contributed by atoms with Gasteiger partial charge in [0.2, 0.25) is 0 Å². The molecule has 1 aromatic rings. The largest absolute Gasteiger partial charge is 0.287 e. The molecule has 0 radical (unpaired) electrons. The molecular weight excluding hydrogens is 176 g/mol. The van der Waals surface area contributed by atoms with Crippen LogP contribution in [0.5, 0.6) is 0 Å². The zero-order valence-corrected chi connectivity index (χ0v) is 8.38. The average Bonchev–Trinajstić information content (AvgIpc) is 2.19. The maximum Gasteiger partial charge on any atom is 0.145 e. The van der Waals surface area contributed by atoms with Crippen molar-refractivity contribution in [1.29, 1.82) is 5.26 Å². The summed E-state index contributed by atoms with van der Waals surface area (Å²) in [6, 6.07) is 10.6. The van der Waals surface area contributed by atoms with Crippen LogP contribution in [0.4, 0.5) is 5.69 Å². The average molecular weight is 190 g/mol. The Labute approximate surface area is 84.2 Å². The molecule has 0 saturated carbocycles. The number of rotatable bonds is 3. The molecule has 1 unspecified atom stereocenters. The quantitative estimate of drug-likeness (QED) is 0.744. The number of para-hydroxylation sites is 1. The van der Waals surface area contributed by atoms with Gasteiger partial charge in [-0.15, -0.1) is 0 Å². The highest BCUT2D eigenvalue weighted by Gasteiger charge is 2.19. The van der Waals surface area contributed by atoms with Gasteiger partial charge in [0.15, 0.2) is 0 Å². The fourth-order valence-electron chi connectivity index (χ4n) is 1.23. The van der Waals surface area contributed by atoms with Gasteiger partial charge in [0.25, 0.3) is 0 Å². The van der Waals surface area contributed by atoms with Crippen molar-refractivity contribution >= 4 is 5.69 Å². The third-order valence-corrected chi connectivity index (χ3v) is 2.05. The van der Waals surface area contributed by atoms with Gasteiger partial charge in [0.05, 0.1) is 11.8 Å². The molecule has 1 atom stereocenters. The molecular formula is C11H14N2O. The molecule has 0 aromatic heterocycles. The lowest BCUT2D eigenvalue weighted by Crippen LogP contribution is -2.35. The van der Waals surface area contributed by atoms with Crippen molar-refractivity contribution in [3.8, 4) is 6.07 Å². The Morgan fingerprint density at radius 1 is 1.29 bits per heavy atom. The molecule has 0 aliphatic carbocycles. The fourth-order valence-corrected chi connectivity index (χ4v) is 1.23. The summed E-state index contributed by atoms with van der Waals surface area (Å²) in [6.45, 7) is 3.81. The summed E-state index contributed by atoms with van der Waals surface area (Å²) in [7, 11) is 0. The number of anilines is 1. The van der Waals surface area contributed by atoms with Crippen molar-refractivity contribution in [1.82, 2.24) is 0 Å². The normalized spacial score (nSPS) is 12.2. The Hall–Kier alpha value is -1.53. The highest BCUT2D eigenvalue weighted by molar-refractivity contribution is 5.45. The van der Waals surface area contributed by atoms with Gasteiger partial charge in [-0.05, 0) is 18.1 Å². The van der Waals surface area contributed by atoms with E-state index in [-0.39, 0.29) is 5.92 Å². The van der Waals surface area contributed by atoms with E-state index in [2.05, 4.69) is 6.07 Å². The van der Waals surface area contributed by atoms with E-state index in [1.807, 2.05) is 32.0 Å². The van der Waals surface area contributed by atoms with Crippen LogP contribution in [0.3, 0.4) is 0 Å². The van der Waals surface area contributed by atoms with E-state index in [0.29, 0.717) is 5.69 Å². The van der Waals surface area contributed by atoms with Crippen LogP contribution >= 0.6 is 0 Å². The van der Waals surface area contributed by atoms with Crippen LogP contribution in [-0.4, -0.2) is 11.2 Å². The second kappa shape index (κ2) is 4.64. The molecule has 74 valence electrons. The third-order valence-electron chi connectivity index (χ3n) is 2.05. The maximum absolute atomic E-state index is 9.76. The summed E-state index contributed by atoms with van der Waals surface area (Å²) in [5.41, 5.74) is 0.646. The summed E-state index contributed by atoms with van der Waals surface area (Å²) in [5, 5.41) is 19.7. The van der Waals surface area contributed by atoms with Crippen molar-refractivity contribution in [3.63, 3.8) is 0 Å². The van der Waals surface area contributed by atoms with Crippen LogP contribution in [0.1, 0.15) is 13.8 Å². The molecule has 0 aliphatic rings. The lowest BCUT2D eigenvalue weighted by molar-refractivity contribution is 0.214. The SMILES string of the molecule is CC(C)C(C#N)N(O)c1ccccc1. The van der Waals surface area contributed by atoms with E-state index < -0.39 is 6.04 Å². The summed E-state index contributed by atoms with van der Waals surface area (Å²) >= 11 is 0. The number of nitrogens with zero attached hydrogens (tertiary/aromatic N) is 2. The lowest BCUT2D eigenvalue weighted by atomic mass is 10.1. The fraction of sp³-hybridized carbons (Fsp3) is 0.364.